The minimum atomic E-state index is -0.180. The van der Waals surface area contributed by atoms with E-state index >= 15 is 0 Å². The molecule has 0 amide bonds. The summed E-state index contributed by atoms with van der Waals surface area (Å²) < 4.78 is 13.2. The van der Waals surface area contributed by atoms with Crippen molar-refractivity contribution in [2.24, 2.45) is 5.73 Å². The molecule has 2 nitrogen and oxygen atoms in total. The maximum absolute atomic E-state index is 13.2. The number of rotatable bonds is 4. The molecule has 0 radical (unpaired) electrons. The van der Waals surface area contributed by atoms with Gasteiger partial charge in [-0.15, -0.1) is 0 Å². The topological polar surface area (TPSA) is 29.3 Å². The Kier molecular flexibility index (Phi) is 5.55. The van der Waals surface area contributed by atoms with Crippen LogP contribution in [0.1, 0.15) is 57.6 Å². The van der Waals surface area contributed by atoms with Gasteiger partial charge in [0.25, 0.3) is 0 Å². The maximum atomic E-state index is 13.2. The molecule has 3 unspecified atom stereocenters. The zero-order valence-corrected chi connectivity index (χ0v) is 12.7. The Balaban J connectivity index is 2.28. The lowest BCUT2D eigenvalue weighted by Gasteiger charge is -2.39. The highest BCUT2D eigenvalue weighted by Crippen LogP contribution is 2.31. The van der Waals surface area contributed by atoms with E-state index in [0.717, 1.165) is 18.5 Å². The molecule has 0 aromatic heterocycles. The average molecular weight is 278 g/mol. The molecule has 0 bridgehead atoms. The molecule has 1 fully saturated rings. The van der Waals surface area contributed by atoms with Gasteiger partial charge in [0, 0.05) is 18.1 Å². The summed E-state index contributed by atoms with van der Waals surface area (Å²) >= 11 is 0. The van der Waals surface area contributed by atoms with E-state index in [1.807, 2.05) is 12.1 Å². The second-order valence-electron chi connectivity index (χ2n) is 6.00. The van der Waals surface area contributed by atoms with E-state index in [0.29, 0.717) is 6.04 Å². The lowest BCUT2D eigenvalue weighted by molar-refractivity contribution is 0.117. The molecule has 112 valence electrons. The van der Waals surface area contributed by atoms with Crippen LogP contribution in [-0.2, 0) is 0 Å². The van der Waals surface area contributed by atoms with Gasteiger partial charge in [0.2, 0.25) is 0 Å². The molecule has 1 heterocycles. The van der Waals surface area contributed by atoms with Gasteiger partial charge in [-0.25, -0.2) is 4.39 Å². The Labute approximate surface area is 122 Å². The third-order valence-corrected chi connectivity index (χ3v) is 4.46. The molecule has 0 saturated carbocycles. The van der Waals surface area contributed by atoms with Crippen molar-refractivity contribution in [3.05, 3.63) is 35.6 Å². The van der Waals surface area contributed by atoms with Gasteiger partial charge in [-0.3, -0.25) is 4.90 Å². The van der Waals surface area contributed by atoms with Crippen LogP contribution in [0.4, 0.5) is 4.39 Å². The maximum Gasteiger partial charge on any atom is 0.123 e. The van der Waals surface area contributed by atoms with Crippen molar-refractivity contribution in [2.75, 3.05) is 6.54 Å². The van der Waals surface area contributed by atoms with E-state index in [-0.39, 0.29) is 17.9 Å². The summed E-state index contributed by atoms with van der Waals surface area (Å²) in [7, 11) is 0. The molecular formula is C17H27FN2. The molecule has 1 aliphatic rings. The van der Waals surface area contributed by atoms with E-state index in [1.165, 1.54) is 25.7 Å². The van der Waals surface area contributed by atoms with E-state index in [4.69, 9.17) is 5.73 Å². The first-order valence-electron chi connectivity index (χ1n) is 7.90. The van der Waals surface area contributed by atoms with Crippen LogP contribution in [-0.4, -0.2) is 23.5 Å². The first-order valence-corrected chi connectivity index (χ1v) is 7.90. The van der Waals surface area contributed by atoms with Crippen molar-refractivity contribution in [3.63, 3.8) is 0 Å². The minimum Gasteiger partial charge on any atom is -0.326 e. The number of nitrogens with two attached hydrogens (primary N) is 1. The van der Waals surface area contributed by atoms with Crippen molar-refractivity contribution < 1.29 is 4.39 Å². The predicted molar refractivity (Wildman–Crippen MR) is 82.0 cm³/mol. The summed E-state index contributed by atoms with van der Waals surface area (Å²) in [4.78, 5) is 2.56. The fourth-order valence-corrected chi connectivity index (χ4v) is 3.46. The van der Waals surface area contributed by atoms with Gasteiger partial charge in [0.05, 0.1) is 0 Å². The van der Waals surface area contributed by atoms with Crippen molar-refractivity contribution in [2.45, 2.75) is 64.1 Å². The summed E-state index contributed by atoms with van der Waals surface area (Å²) in [5.74, 6) is -0.180. The average Bonchev–Trinajstić information content (AvgIpc) is 2.66. The SMILES string of the molecule is CCC1CCCCCN1C(c1ccc(F)cc1)C(C)N. The van der Waals surface area contributed by atoms with Crippen molar-refractivity contribution in [1.29, 1.82) is 0 Å². The highest BCUT2D eigenvalue weighted by atomic mass is 19.1. The summed E-state index contributed by atoms with van der Waals surface area (Å²) in [6.07, 6.45) is 6.26. The zero-order valence-electron chi connectivity index (χ0n) is 12.7. The largest absolute Gasteiger partial charge is 0.326 e. The molecule has 3 heteroatoms. The van der Waals surface area contributed by atoms with Gasteiger partial charge in [-0.1, -0.05) is 31.9 Å². The molecule has 1 aromatic carbocycles. The van der Waals surface area contributed by atoms with E-state index in [2.05, 4.69) is 18.7 Å². The molecule has 2 rings (SSSR count). The third-order valence-electron chi connectivity index (χ3n) is 4.46. The molecule has 1 saturated heterocycles. The standard InChI is InChI=1S/C17H27FN2/c1-3-16-7-5-4-6-12-20(16)17(13(2)19)14-8-10-15(18)11-9-14/h8-11,13,16-17H,3-7,12,19H2,1-2H3. The normalized spacial score (nSPS) is 24.1. The lowest BCUT2D eigenvalue weighted by atomic mass is 9.96. The van der Waals surface area contributed by atoms with Crippen molar-refractivity contribution >= 4 is 0 Å². The quantitative estimate of drug-likeness (QED) is 0.906. The molecule has 0 spiro atoms. The lowest BCUT2D eigenvalue weighted by Crippen LogP contribution is -2.44. The van der Waals surface area contributed by atoms with Crippen molar-refractivity contribution in [1.82, 2.24) is 4.90 Å². The second kappa shape index (κ2) is 7.19. The Hall–Kier alpha value is -0.930. The first kappa shape index (κ1) is 15.5. The van der Waals surface area contributed by atoms with Crippen LogP contribution < -0.4 is 5.73 Å². The summed E-state index contributed by atoms with van der Waals surface area (Å²) in [6, 6.07) is 7.71. The number of nitrogens with zero attached hydrogens (tertiary/aromatic N) is 1. The highest BCUT2D eigenvalue weighted by molar-refractivity contribution is 5.22. The van der Waals surface area contributed by atoms with E-state index in [9.17, 15) is 4.39 Å². The number of benzene rings is 1. The number of likely N-dealkylation sites (tertiary alicyclic amines) is 1. The Morgan fingerprint density at radius 2 is 1.95 bits per heavy atom. The van der Waals surface area contributed by atoms with Crippen LogP contribution in [0.2, 0.25) is 0 Å². The number of hydrogen-bond acceptors (Lipinski definition) is 2. The molecule has 3 atom stereocenters. The smallest absolute Gasteiger partial charge is 0.123 e. The minimum absolute atomic E-state index is 0.0487. The van der Waals surface area contributed by atoms with Crippen LogP contribution in [0, 0.1) is 5.82 Å². The number of hydrogen-bond donors (Lipinski definition) is 1. The predicted octanol–water partition coefficient (Wildman–Crippen LogP) is 3.87. The van der Waals surface area contributed by atoms with Crippen LogP contribution in [0.5, 0.6) is 0 Å². The molecule has 0 aliphatic carbocycles. The Bertz CT molecular complexity index is 402. The summed E-state index contributed by atoms with van der Waals surface area (Å²) in [5, 5.41) is 0. The van der Waals surface area contributed by atoms with Crippen LogP contribution in [0.15, 0.2) is 24.3 Å². The first-order chi connectivity index (χ1) is 9.63. The van der Waals surface area contributed by atoms with Gasteiger partial charge in [-0.2, -0.15) is 0 Å². The van der Waals surface area contributed by atoms with E-state index < -0.39 is 0 Å². The van der Waals surface area contributed by atoms with Gasteiger partial charge >= 0.3 is 0 Å². The molecule has 2 N–H and O–H groups in total. The fourth-order valence-electron chi connectivity index (χ4n) is 3.46. The zero-order chi connectivity index (χ0) is 14.5. The fraction of sp³-hybridized carbons (Fsp3) is 0.647. The van der Waals surface area contributed by atoms with Crippen LogP contribution in [0.25, 0.3) is 0 Å². The summed E-state index contributed by atoms with van der Waals surface area (Å²) in [6.45, 7) is 5.42. The van der Waals surface area contributed by atoms with Gasteiger partial charge in [-0.05, 0) is 50.4 Å². The summed E-state index contributed by atoms with van der Waals surface area (Å²) in [5.41, 5.74) is 7.41. The van der Waals surface area contributed by atoms with Gasteiger partial charge < -0.3 is 5.73 Å². The Morgan fingerprint density at radius 1 is 1.25 bits per heavy atom. The molecule has 1 aliphatic heterocycles. The van der Waals surface area contributed by atoms with E-state index in [1.54, 1.807) is 12.1 Å². The third kappa shape index (κ3) is 3.58. The highest BCUT2D eigenvalue weighted by Gasteiger charge is 2.30. The molecular weight excluding hydrogens is 251 g/mol. The monoisotopic (exact) mass is 278 g/mol. The van der Waals surface area contributed by atoms with Crippen molar-refractivity contribution in [3.8, 4) is 0 Å². The number of halogens is 1. The van der Waals surface area contributed by atoms with Gasteiger partial charge in [0.15, 0.2) is 0 Å². The van der Waals surface area contributed by atoms with Crippen LogP contribution in [0.3, 0.4) is 0 Å². The van der Waals surface area contributed by atoms with Crippen LogP contribution >= 0.6 is 0 Å². The Morgan fingerprint density at radius 3 is 2.55 bits per heavy atom. The van der Waals surface area contributed by atoms with Gasteiger partial charge in [0.1, 0.15) is 5.82 Å². The molecule has 1 aromatic rings. The second-order valence-corrected chi connectivity index (χ2v) is 6.00. The molecule has 20 heavy (non-hydrogen) atoms.